The zero-order valence-corrected chi connectivity index (χ0v) is 15.8. The molecule has 0 amide bonds. The molecule has 0 saturated heterocycles. The van der Waals surface area contributed by atoms with Crippen molar-refractivity contribution in [2.75, 3.05) is 4.72 Å². The number of primary sulfonamides is 1. The molecule has 10 heteroatoms. The second-order valence-electron chi connectivity index (χ2n) is 5.14. The monoisotopic (exact) mass is 408 g/mol. The van der Waals surface area contributed by atoms with Crippen LogP contribution in [0.5, 0.6) is 0 Å². The van der Waals surface area contributed by atoms with E-state index in [0.717, 1.165) is 6.07 Å². The van der Waals surface area contributed by atoms with Crippen LogP contribution in [-0.4, -0.2) is 16.8 Å². The molecule has 0 saturated carbocycles. The van der Waals surface area contributed by atoms with E-state index in [1.165, 1.54) is 24.3 Å². The highest BCUT2D eigenvalue weighted by atomic mass is 35.5. The van der Waals surface area contributed by atoms with Crippen molar-refractivity contribution in [2.45, 2.75) is 23.6 Å². The van der Waals surface area contributed by atoms with E-state index >= 15 is 0 Å². The summed E-state index contributed by atoms with van der Waals surface area (Å²) in [6, 6.07) is 6.55. The number of halogens is 2. The van der Waals surface area contributed by atoms with Gasteiger partial charge in [0.05, 0.1) is 15.6 Å². The summed E-state index contributed by atoms with van der Waals surface area (Å²) in [5, 5.41) is 5.31. The summed E-state index contributed by atoms with van der Waals surface area (Å²) in [4.78, 5) is -0.407. The van der Waals surface area contributed by atoms with Crippen LogP contribution in [0, 0.1) is 13.8 Å². The predicted molar refractivity (Wildman–Crippen MR) is 94.6 cm³/mol. The third kappa shape index (κ3) is 4.01. The van der Waals surface area contributed by atoms with E-state index in [4.69, 9.17) is 28.3 Å². The maximum atomic E-state index is 12.6. The molecule has 0 aliphatic rings. The molecular formula is C14H14Cl2N2O4S2. The van der Waals surface area contributed by atoms with E-state index in [2.05, 4.69) is 4.72 Å². The smallest absolute Gasteiger partial charge is 0.263 e. The third-order valence-electron chi connectivity index (χ3n) is 3.40. The van der Waals surface area contributed by atoms with Crippen LogP contribution in [0.3, 0.4) is 0 Å². The average molecular weight is 409 g/mol. The van der Waals surface area contributed by atoms with Crippen LogP contribution in [0.15, 0.2) is 40.1 Å². The highest BCUT2D eigenvalue weighted by molar-refractivity contribution is 7.93. The Bertz CT molecular complexity index is 1020. The molecule has 0 atom stereocenters. The molecule has 24 heavy (non-hydrogen) atoms. The Balaban J connectivity index is 2.58. The van der Waals surface area contributed by atoms with Crippen molar-refractivity contribution >= 4 is 48.9 Å². The van der Waals surface area contributed by atoms with Crippen molar-refractivity contribution in [1.82, 2.24) is 0 Å². The number of hydrogen-bond donors (Lipinski definition) is 2. The molecule has 0 spiro atoms. The summed E-state index contributed by atoms with van der Waals surface area (Å²) in [5.74, 6) is 0. The number of sulfonamides is 2. The van der Waals surface area contributed by atoms with Gasteiger partial charge < -0.3 is 0 Å². The zero-order chi connectivity index (χ0) is 18.3. The first-order chi connectivity index (χ1) is 10.9. The minimum absolute atomic E-state index is 0.0103. The lowest BCUT2D eigenvalue weighted by Crippen LogP contribution is -2.17. The SMILES string of the molecule is Cc1cc(S(N)(=O)=O)cc(NS(=O)(=O)c2cc(Cl)ccc2Cl)c1C. The average Bonchev–Trinajstić information content (AvgIpc) is 2.44. The molecule has 2 aromatic rings. The molecule has 0 heterocycles. The first-order valence-corrected chi connectivity index (χ1v) is 10.3. The van der Waals surface area contributed by atoms with Crippen LogP contribution < -0.4 is 9.86 Å². The number of anilines is 1. The largest absolute Gasteiger partial charge is 0.279 e. The van der Waals surface area contributed by atoms with Gasteiger partial charge in [-0.3, -0.25) is 4.72 Å². The summed E-state index contributed by atoms with van der Waals surface area (Å²) < 4.78 is 50.6. The van der Waals surface area contributed by atoms with Gasteiger partial charge in [0, 0.05) is 5.02 Å². The molecule has 0 radical (unpaired) electrons. The zero-order valence-electron chi connectivity index (χ0n) is 12.7. The number of aryl methyl sites for hydroxylation is 1. The van der Waals surface area contributed by atoms with Gasteiger partial charge in [-0.05, 0) is 55.3 Å². The van der Waals surface area contributed by atoms with Gasteiger partial charge in [0.25, 0.3) is 10.0 Å². The van der Waals surface area contributed by atoms with Gasteiger partial charge >= 0.3 is 0 Å². The first-order valence-electron chi connectivity index (χ1n) is 6.54. The number of nitrogens with one attached hydrogen (secondary N) is 1. The summed E-state index contributed by atoms with van der Waals surface area (Å²) in [5.41, 5.74) is 1.22. The van der Waals surface area contributed by atoms with Crippen molar-refractivity contribution < 1.29 is 16.8 Å². The van der Waals surface area contributed by atoms with Gasteiger partial charge in [-0.25, -0.2) is 22.0 Å². The Morgan fingerprint density at radius 2 is 1.62 bits per heavy atom. The van der Waals surface area contributed by atoms with Crippen molar-refractivity contribution in [2.24, 2.45) is 5.14 Å². The van der Waals surface area contributed by atoms with Crippen LogP contribution in [0.1, 0.15) is 11.1 Å². The maximum Gasteiger partial charge on any atom is 0.263 e. The Morgan fingerprint density at radius 1 is 1.00 bits per heavy atom. The highest BCUT2D eigenvalue weighted by Gasteiger charge is 2.21. The van der Waals surface area contributed by atoms with Crippen molar-refractivity contribution in [3.63, 3.8) is 0 Å². The summed E-state index contributed by atoms with van der Waals surface area (Å²) in [7, 11) is -8.05. The van der Waals surface area contributed by atoms with Gasteiger partial charge in [-0.1, -0.05) is 23.2 Å². The second-order valence-corrected chi connectivity index (χ2v) is 9.19. The molecule has 6 nitrogen and oxygen atoms in total. The standard InChI is InChI=1S/C14H14Cl2N2O4S2/c1-8-5-11(23(17,19)20)7-13(9(8)2)18-24(21,22)14-6-10(15)3-4-12(14)16/h3-7,18H,1-2H3,(H2,17,19,20). The molecule has 0 bridgehead atoms. The molecule has 2 rings (SSSR count). The summed E-state index contributed by atoms with van der Waals surface area (Å²) in [6.45, 7) is 3.30. The first kappa shape index (κ1) is 19.0. The molecular weight excluding hydrogens is 395 g/mol. The van der Waals surface area contributed by atoms with E-state index in [1.54, 1.807) is 13.8 Å². The lowest BCUT2D eigenvalue weighted by atomic mass is 10.1. The van der Waals surface area contributed by atoms with E-state index in [1.807, 2.05) is 0 Å². The van der Waals surface area contributed by atoms with Gasteiger partial charge in [0.1, 0.15) is 4.90 Å². The number of rotatable bonds is 4. The van der Waals surface area contributed by atoms with Gasteiger partial charge in [-0.15, -0.1) is 0 Å². The molecule has 130 valence electrons. The summed E-state index contributed by atoms with van der Waals surface area (Å²) >= 11 is 11.7. The lowest BCUT2D eigenvalue weighted by Gasteiger charge is -2.15. The number of hydrogen-bond acceptors (Lipinski definition) is 4. The van der Waals surface area contributed by atoms with Crippen molar-refractivity contribution in [3.8, 4) is 0 Å². The topological polar surface area (TPSA) is 106 Å². The minimum atomic E-state index is -4.07. The fraction of sp³-hybridized carbons (Fsp3) is 0.143. The molecule has 3 N–H and O–H groups in total. The van der Waals surface area contributed by atoms with Crippen LogP contribution in [0.4, 0.5) is 5.69 Å². The van der Waals surface area contributed by atoms with Gasteiger partial charge in [-0.2, -0.15) is 0 Å². The third-order valence-corrected chi connectivity index (χ3v) is 6.37. The fourth-order valence-corrected chi connectivity index (χ4v) is 4.48. The van der Waals surface area contributed by atoms with Crippen LogP contribution >= 0.6 is 23.2 Å². The van der Waals surface area contributed by atoms with Crippen LogP contribution in [0.2, 0.25) is 10.0 Å². The number of benzene rings is 2. The molecule has 2 aromatic carbocycles. The van der Waals surface area contributed by atoms with Crippen molar-refractivity contribution in [3.05, 3.63) is 51.5 Å². The van der Waals surface area contributed by atoms with E-state index in [-0.39, 0.29) is 25.5 Å². The quantitative estimate of drug-likeness (QED) is 0.809. The molecule has 0 unspecified atom stereocenters. The normalized spacial score (nSPS) is 12.2. The Hall–Kier alpha value is -1.32. The van der Waals surface area contributed by atoms with Crippen LogP contribution in [0.25, 0.3) is 0 Å². The summed E-state index contributed by atoms with van der Waals surface area (Å²) in [6.07, 6.45) is 0. The molecule has 0 fully saturated rings. The maximum absolute atomic E-state index is 12.6. The van der Waals surface area contributed by atoms with E-state index < -0.39 is 20.0 Å². The lowest BCUT2D eigenvalue weighted by molar-refractivity contribution is 0.596. The fourth-order valence-electron chi connectivity index (χ4n) is 1.98. The van der Waals surface area contributed by atoms with Crippen molar-refractivity contribution in [1.29, 1.82) is 0 Å². The minimum Gasteiger partial charge on any atom is -0.279 e. The molecule has 0 aliphatic carbocycles. The molecule has 0 aliphatic heterocycles. The van der Waals surface area contributed by atoms with Gasteiger partial charge in [0.15, 0.2) is 0 Å². The molecule has 0 aromatic heterocycles. The highest BCUT2D eigenvalue weighted by Crippen LogP contribution is 2.29. The Labute approximate surface area is 150 Å². The van der Waals surface area contributed by atoms with Crippen LogP contribution in [-0.2, 0) is 20.0 Å². The Kier molecular flexibility index (Phi) is 5.17. The predicted octanol–water partition coefficient (Wildman–Crippen LogP) is 3.06. The van der Waals surface area contributed by atoms with Gasteiger partial charge in [0.2, 0.25) is 10.0 Å². The van der Waals surface area contributed by atoms with E-state index in [0.29, 0.717) is 11.1 Å². The Morgan fingerprint density at radius 3 is 2.21 bits per heavy atom. The second kappa shape index (κ2) is 6.53. The van der Waals surface area contributed by atoms with E-state index in [9.17, 15) is 16.8 Å². The number of nitrogens with two attached hydrogens (primary N) is 1.